The minimum atomic E-state index is -0.263. The van der Waals surface area contributed by atoms with E-state index in [1.54, 1.807) is 0 Å². The van der Waals surface area contributed by atoms with E-state index in [2.05, 4.69) is 48.3 Å². The Morgan fingerprint density at radius 3 is 2.72 bits per heavy atom. The standard InChI is InChI=1S/C15H23FN2/c1-3-14-11-17-15(2,12-18(14)10-9-16)13-7-5-4-6-8-13/h4-8,14,17H,3,9-12H2,1-2H3. The molecule has 2 nitrogen and oxygen atoms in total. The SMILES string of the molecule is CCC1CNC(C)(c2ccccc2)CN1CCF. The third-order valence-electron chi connectivity index (χ3n) is 4.02. The van der Waals surface area contributed by atoms with Crippen LogP contribution in [0, 0.1) is 0 Å². The van der Waals surface area contributed by atoms with E-state index in [9.17, 15) is 4.39 Å². The molecule has 2 atom stereocenters. The third-order valence-corrected chi connectivity index (χ3v) is 4.02. The van der Waals surface area contributed by atoms with Gasteiger partial charge in [0.1, 0.15) is 6.67 Å². The smallest absolute Gasteiger partial charge is 0.102 e. The summed E-state index contributed by atoms with van der Waals surface area (Å²) in [5.74, 6) is 0. The monoisotopic (exact) mass is 250 g/mol. The van der Waals surface area contributed by atoms with E-state index in [1.165, 1.54) is 5.56 Å². The molecule has 1 aromatic rings. The van der Waals surface area contributed by atoms with Crippen molar-refractivity contribution in [3.63, 3.8) is 0 Å². The fourth-order valence-corrected chi connectivity index (χ4v) is 2.84. The molecule has 0 radical (unpaired) electrons. The quantitative estimate of drug-likeness (QED) is 0.883. The summed E-state index contributed by atoms with van der Waals surface area (Å²) >= 11 is 0. The largest absolute Gasteiger partial charge is 0.305 e. The summed E-state index contributed by atoms with van der Waals surface area (Å²) in [6.45, 7) is 6.47. The fourth-order valence-electron chi connectivity index (χ4n) is 2.84. The molecule has 1 aromatic carbocycles. The molecule has 1 fully saturated rings. The van der Waals surface area contributed by atoms with E-state index in [0.29, 0.717) is 12.6 Å². The molecule has 0 saturated carbocycles. The Morgan fingerprint density at radius 2 is 2.11 bits per heavy atom. The number of alkyl halides is 1. The molecule has 1 heterocycles. The van der Waals surface area contributed by atoms with E-state index in [1.807, 2.05) is 6.07 Å². The van der Waals surface area contributed by atoms with Gasteiger partial charge in [0.25, 0.3) is 0 Å². The normalized spacial score (nSPS) is 29.4. The molecule has 3 heteroatoms. The second-order valence-corrected chi connectivity index (χ2v) is 5.30. The summed E-state index contributed by atoms with van der Waals surface area (Å²) in [6.07, 6.45) is 1.07. The van der Waals surface area contributed by atoms with Gasteiger partial charge in [-0.2, -0.15) is 0 Å². The average molecular weight is 250 g/mol. The van der Waals surface area contributed by atoms with Crippen LogP contribution >= 0.6 is 0 Å². The molecule has 1 saturated heterocycles. The van der Waals surface area contributed by atoms with Crippen LogP contribution in [0.1, 0.15) is 25.8 Å². The van der Waals surface area contributed by atoms with Gasteiger partial charge in [-0.1, -0.05) is 37.3 Å². The summed E-state index contributed by atoms with van der Waals surface area (Å²) in [7, 11) is 0. The van der Waals surface area contributed by atoms with Crippen LogP contribution in [0.3, 0.4) is 0 Å². The van der Waals surface area contributed by atoms with Crippen LogP contribution in [0.25, 0.3) is 0 Å². The lowest BCUT2D eigenvalue weighted by molar-refractivity contribution is 0.0773. The molecular weight excluding hydrogens is 227 g/mol. The summed E-state index contributed by atoms with van der Waals surface area (Å²) < 4.78 is 12.7. The maximum atomic E-state index is 12.7. The van der Waals surface area contributed by atoms with Crippen molar-refractivity contribution in [1.29, 1.82) is 0 Å². The molecule has 1 N–H and O–H groups in total. The van der Waals surface area contributed by atoms with Gasteiger partial charge >= 0.3 is 0 Å². The first-order chi connectivity index (χ1) is 8.69. The summed E-state index contributed by atoms with van der Waals surface area (Å²) in [5, 5.41) is 3.64. The first kappa shape index (κ1) is 13.5. The highest BCUT2D eigenvalue weighted by Crippen LogP contribution is 2.26. The Hall–Kier alpha value is -0.930. The van der Waals surface area contributed by atoms with E-state index < -0.39 is 0 Å². The predicted octanol–water partition coefficient (Wildman–Crippen LogP) is 2.56. The molecule has 18 heavy (non-hydrogen) atoms. The molecular formula is C15H23FN2. The highest BCUT2D eigenvalue weighted by molar-refractivity contribution is 5.25. The van der Waals surface area contributed by atoms with Gasteiger partial charge in [-0.3, -0.25) is 4.90 Å². The molecule has 2 unspecified atom stereocenters. The van der Waals surface area contributed by atoms with Gasteiger partial charge in [0, 0.05) is 25.7 Å². The van der Waals surface area contributed by atoms with Gasteiger partial charge in [-0.25, -0.2) is 4.39 Å². The molecule has 0 spiro atoms. The van der Waals surface area contributed by atoms with Crippen LogP contribution in [0.15, 0.2) is 30.3 Å². The van der Waals surface area contributed by atoms with Gasteiger partial charge in [-0.05, 0) is 18.9 Å². The van der Waals surface area contributed by atoms with Gasteiger partial charge in [0.05, 0.1) is 5.54 Å². The molecule has 1 aliphatic rings. The number of nitrogens with zero attached hydrogens (tertiary/aromatic N) is 1. The van der Waals surface area contributed by atoms with Gasteiger partial charge < -0.3 is 5.32 Å². The van der Waals surface area contributed by atoms with Gasteiger partial charge in [0.2, 0.25) is 0 Å². The number of halogens is 1. The zero-order valence-corrected chi connectivity index (χ0v) is 11.3. The first-order valence-corrected chi connectivity index (χ1v) is 6.80. The number of hydrogen-bond acceptors (Lipinski definition) is 2. The Labute approximate surface area is 109 Å². The molecule has 0 aromatic heterocycles. The molecule has 0 aliphatic carbocycles. The van der Waals surface area contributed by atoms with Crippen molar-refractivity contribution >= 4 is 0 Å². The molecule has 100 valence electrons. The highest BCUT2D eigenvalue weighted by atomic mass is 19.1. The van der Waals surface area contributed by atoms with Crippen molar-refractivity contribution in [3.8, 4) is 0 Å². The second kappa shape index (κ2) is 5.81. The lowest BCUT2D eigenvalue weighted by Gasteiger charge is -2.46. The topological polar surface area (TPSA) is 15.3 Å². The van der Waals surface area contributed by atoms with Crippen molar-refractivity contribution in [2.75, 3.05) is 26.3 Å². The van der Waals surface area contributed by atoms with E-state index >= 15 is 0 Å². The van der Waals surface area contributed by atoms with Crippen LogP contribution in [0.2, 0.25) is 0 Å². The van der Waals surface area contributed by atoms with Crippen molar-refractivity contribution in [2.45, 2.75) is 31.8 Å². The Balaban J connectivity index is 2.16. The summed E-state index contributed by atoms with van der Waals surface area (Å²) in [6, 6.07) is 10.9. The zero-order chi connectivity index (χ0) is 13.0. The van der Waals surface area contributed by atoms with Crippen LogP contribution in [0.5, 0.6) is 0 Å². The number of nitrogens with one attached hydrogen (secondary N) is 1. The maximum absolute atomic E-state index is 12.7. The number of piperazine rings is 1. The van der Waals surface area contributed by atoms with Crippen molar-refractivity contribution in [3.05, 3.63) is 35.9 Å². The minimum Gasteiger partial charge on any atom is -0.305 e. The average Bonchev–Trinajstić information content (AvgIpc) is 2.41. The minimum absolute atomic E-state index is 0.0674. The Morgan fingerprint density at radius 1 is 1.39 bits per heavy atom. The lowest BCUT2D eigenvalue weighted by Crippen LogP contribution is -2.61. The maximum Gasteiger partial charge on any atom is 0.102 e. The van der Waals surface area contributed by atoms with Crippen LogP contribution in [-0.2, 0) is 5.54 Å². The predicted molar refractivity (Wildman–Crippen MR) is 73.4 cm³/mol. The summed E-state index contributed by atoms with van der Waals surface area (Å²) in [5.41, 5.74) is 1.21. The molecule has 0 amide bonds. The van der Waals surface area contributed by atoms with Crippen molar-refractivity contribution < 1.29 is 4.39 Å². The van der Waals surface area contributed by atoms with Gasteiger partial charge in [-0.15, -0.1) is 0 Å². The van der Waals surface area contributed by atoms with E-state index in [0.717, 1.165) is 19.5 Å². The van der Waals surface area contributed by atoms with Crippen LogP contribution in [-0.4, -0.2) is 37.3 Å². The second-order valence-electron chi connectivity index (χ2n) is 5.30. The van der Waals surface area contributed by atoms with Crippen molar-refractivity contribution in [2.24, 2.45) is 0 Å². The Kier molecular flexibility index (Phi) is 4.36. The lowest BCUT2D eigenvalue weighted by atomic mass is 9.88. The number of hydrogen-bond donors (Lipinski definition) is 1. The number of benzene rings is 1. The van der Waals surface area contributed by atoms with Crippen LogP contribution in [0.4, 0.5) is 4.39 Å². The van der Waals surface area contributed by atoms with Crippen LogP contribution < -0.4 is 5.32 Å². The first-order valence-electron chi connectivity index (χ1n) is 6.80. The molecule has 1 aliphatic heterocycles. The highest BCUT2D eigenvalue weighted by Gasteiger charge is 2.35. The van der Waals surface area contributed by atoms with E-state index in [-0.39, 0.29) is 12.2 Å². The fraction of sp³-hybridized carbons (Fsp3) is 0.600. The van der Waals surface area contributed by atoms with Crippen molar-refractivity contribution in [1.82, 2.24) is 10.2 Å². The number of rotatable bonds is 4. The summed E-state index contributed by atoms with van der Waals surface area (Å²) in [4.78, 5) is 2.28. The molecule has 2 rings (SSSR count). The van der Waals surface area contributed by atoms with E-state index in [4.69, 9.17) is 0 Å². The molecule has 0 bridgehead atoms. The Bertz CT molecular complexity index is 368. The zero-order valence-electron chi connectivity index (χ0n) is 11.3. The van der Waals surface area contributed by atoms with Gasteiger partial charge in [0.15, 0.2) is 0 Å². The third kappa shape index (κ3) is 2.73.